The van der Waals surface area contributed by atoms with E-state index in [9.17, 15) is 8.42 Å². The molecule has 1 aromatic carbocycles. The van der Waals surface area contributed by atoms with Crippen molar-refractivity contribution in [1.82, 2.24) is 4.72 Å². The molecule has 0 unspecified atom stereocenters. The van der Waals surface area contributed by atoms with Gasteiger partial charge in [0.15, 0.2) is 0 Å². The van der Waals surface area contributed by atoms with Gasteiger partial charge in [0, 0.05) is 6.54 Å². The van der Waals surface area contributed by atoms with Gasteiger partial charge >= 0.3 is 0 Å². The molecule has 0 heterocycles. The van der Waals surface area contributed by atoms with Crippen LogP contribution in [0.1, 0.15) is 18.4 Å². The van der Waals surface area contributed by atoms with Crippen molar-refractivity contribution in [3.05, 3.63) is 35.9 Å². The standard InChI is InChI=1S/C10H12NO2S/c12-14(13,10-6-7-10)11-8-9-4-2-1-3-5-9/h2-5,10-11H,6-8H2. The van der Waals surface area contributed by atoms with Gasteiger partial charge in [-0.2, -0.15) is 0 Å². The fourth-order valence-corrected chi connectivity index (χ4v) is 2.58. The highest BCUT2D eigenvalue weighted by atomic mass is 32.2. The van der Waals surface area contributed by atoms with Crippen LogP contribution in [0, 0.1) is 6.07 Å². The SMILES string of the molecule is O=S(=O)(NCc1cc[c]cc1)C1CC1. The summed E-state index contributed by atoms with van der Waals surface area (Å²) in [4.78, 5) is 0. The molecule has 0 spiro atoms. The Hall–Kier alpha value is -0.870. The molecule has 75 valence electrons. The van der Waals surface area contributed by atoms with Crippen LogP contribution in [-0.4, -0.2) is 13.7 Å². The average molecular weight is 210 g/mol. The van der Waals surface area contributed by atoms with Gasteiger partial charge in [0.25, 0.3) is 0 Å². The Morgan fingerprint density at radius 1 is 1.36 bits per heavy atom. The maximum absolute atomic E-state index is 11.4. The third-order valence-electron chi connectivity index (χ3n) is 2.23. The summed E-state index contributed by atoms with van der Waals surface area (Å²) in [6.45, 7) is 0.382. The van der Waals surface area contributed by atoms with Crippen LogP contribution in [0.3, 0.4) is 0 Å². The summed E-state index contributed by atoms with van der Waals surface area (Å²) in [5, 5.41) is -0.141. The van der Waals surface area contributed by atoms with Gasteiger partial charge in [-0.15, -0.1) is 0 Å². The summed E-state index contributed by atoms with van der Waals surface area (Å²) in [5.41, 5.74) is 0.966. The van der Waals surface area contributed by atoms with Crippen LogP contribution in [0.15, 0.2) is 24.3 Å². The average Bonchev–Trinajstić information content (AvgIpc) is 3.00. The fourth-order valence-electron chi connectivity index (χ4n) is 1.22. The Bertz CT molecular complexity index is 395. The Labute approximate surface area is 84.2 Å². The molecule has 1 aromatic rings. The predicted molar refractivity (Wildman–Crippen MR) is 54.1 cm³/mol. The lowest BCUT2D eigenvalue weighted by Crippen LogP contribution is -2.26. The minimum absolute atomic E-state index is 0.141. The van der Waals surface area contributed by atoms with E-state index in [2.05, 4.69) is 10.8 Å². The molecule has 4 heteroatoms. The fraction of sp³-hybridized carbons (Fsp3) is 0.400. The zero-order valence-corrected chi connectivity index (χ0v) is 8.55. The second-order valence-corrected chi connectivity index (χ2v) is 5.52. The van der Waals surface area contributed by atoms with Gasteiger partial charge in [0.05, 0.1) is 5.25 Å². The summed E-state index contributed by atoms with van der Waals surface area (Å²) in [7, 11) is -3.05. The number of benzene rings is 1. The molecular formula is C10H12NO2S. The molecule has 3 nitrogen and oxygen atoms in total. The Morgan fingerprint density at radius 2 is 2.00 bits per heavy atom. The molecular weight excluding hydrogens is 198 g/mol. The summed E-state index contributed by atoms with van der Waals surface area (Å²) in [5.74, 6) is 0. The first kappa shape index (κ1) is 9.68. The smallest absolute Gasteiger partial charge is 0.212 e. The third kappa shape index (κ3) is 2.33. The van der Waals surface area contributed by atoms with Crippen molar-refractivity contribution in [1.29, 1.82) is 0 Å². The molecule has 0 aliphatic heterocycles. The van der Waals surface area contributed by atoms with E-state index >= 15 is 0 Å². The van der Waals surface area contributed by atoms with Crippen LogP contribution in [-0.2, 0) is 16.6 Å². The van der Waals surface area contributed by atoms with E-state index in [-0.39, 0.29) is 5.25 Å². The molecule has 2 rings (SSSR count). The number of hydrogen-bond acceptors (Lipinski definition) is 2. The molecule has 0 aromatic heterocycles. The first-order valence-electron chi connectivity index (χ1n) is 4.62. The van der Waals surface area contributed by atoms with E-state index in [1.807, 2.05) is 12.1 Å². The Kier molecular flexibility index (Phi) is 2.56. The van der Waals surface area contributed by atoms with Crippen molar-refractivity contribution < 1.29 is 8.42 Å². The van der Waals surface area contributed by atoms with Gasteiger partial charge < -0.3 is 0 Å². The third-order valence-corrected chi connectivity index (χ3v) is 4.12. The zero-order chi connectivity index (χ0) is 10.0. The first-order chi connectivity index (χ1) is 6.68. The van der Waals surface area contributed by atoms with Crippen LogP contribution >= 0.6 is 0 Å². The maximum atomic E-state index is 11.4. The van der Waals surface area contributed by atoms with Gasteiger partial charge in [-0.1, -0.05) is 24.3 Å². The van der Waals surface area contributed by atoms with Crippen molar-refractivity contribution in [2.24, 2.45) is 0 Å². The molecule has 1 aliphatic rings. The normalized spacial score (nSPS) is 16.9. The minimum Gasteiger partial charge on any atom is -0.212 e. The monoisotopic (exact) mass is 210 g/mol. The van der Waals surface area contributed by atoms with Crippen LogP contribution < -0.4 is 4.72 Å². The van der Waals surface area contributed by atoms with Gasteiger partial charge in [-0.05, 0) is 24.5 Å². The van der Waals surface area contributed by atoms with Crippen molar-refractivity contribution in [3.63, 3.8) is 0 Å². The molecule has 0 amide bonds. The lowest BCUT2D eigenvalue weighted by molar-refractivity contribution is 0.580. The quantitative estimate of drug-likeness (QED) is 0.808. The number of hydrogen-bond donors (Lipinski definition) is 1. The molecule has 1 N–H and O–H groups in total. The van der Waals surface area contributed by atoms with Crippen molar-refractivity contribution >= 4 is 10.0 Å². The highest BCUT2D eigenvalue weighted by Crippen LogP contribution is 2.27. The highest BCUT2D eigenvalue weighted by molar-refractivity contribution is 7.90. The van der Waals surface area contributed by atoms with E-state index in [4.69, 9.17) is 0 Å². The molecule has 1 aliphatic carbocycles. The Balaban J connectivity index is 1.94. The van der Waals surface area contributed by atoms with Gasteiger partial charge in [0.2, 0.25) is 10.0 Å². The lowest BCUT2D eigenvalue weighted by atomic mass is 10.2. The number of nitrogens with one attached hydrogen (secondary N) is 1. The summed E-state index contributed by atoms with van der Waals surface area (Å²) >= 11 is 0. The van der Waals surface area contributed by atoms with Crippen molar-refractivity contribution in [2.45, 2.75) is 24.6 Å². The van der Waals surface area contributed by atoms with E-state index in [1.54, 1.807) is 12.1 Å². The largest absolute Gasteiger partial charge is 0.214 e. The summed E-state index contributed by atoms with van der Waals surface area (Å²) < 4.78 is 25.5. The van der Waals surface area contributed by atoms with Gasteiger partial charge in [0.1, 0.15) is 0 Å². The van der Waals surface area contributed by atoms with Gasteiger partial charge in [-0.3, -0.25) is 0 Å². The minimum atomic E-state index is -3.05. The van der Waals surface area contributed by atoms with Crippen LogP contribution in [0.5, 0.6) is 0 Å². The van der Waals surface area contributed by atoms with Crippen LogP contribution in [0.2, 0.25) is 0 Å². The van der Waals surface area contributed by atoms with Crippen molar-refractivity contribution in [3.8, 4) is 0 Å². The topological polar surface area (TPSA) is 46.2 Å². The first-order valence-corrected chi connectivity index (χ1v) is 6.16. The second kappa shape index (κ2) is 3.71. The molecule has 1 radical (unpaired) electrons. The molecule has 0 atom stereocenters. The van der Waals surface area contributed by atoms with Crippen molar-refractivity contribution in [2.75, 3.05) is 0 Å². The highest BCUT2D eigenvalue weighted by Gasteiger charge is 2.35. The van der Waals surface area contributed by atoms with Gasteiger partial charge in [-0.25, -0.2) is 13.1 Å². The zero-order valence-electron chi connectivity index (χ0n) is 7.73. The molecule has 0 bridgehead atoms. The molecule has 1 saturated carbocycles. The molecule has 0 saturated heterocycles. The summed E-state index contributed by atoms with van der Waals surface area (Å²) in [6, 6.07) is 10.2. The van der Waals surface area contributed by atoms with E-state index in [1.165, 1.54) is 0 Å². The van der Waals surface area contributed by atoms with Crippen LogP contribution in [0.25, 0.3) is 0 Å². The lowest BCUT2D eigenvalue weighted by Gasteiger charge is -2.04. The maximum Gasteiger partial charge on any atom is 0.214 e. The van der Waals surface area contributed by atoms with E-state index < -0.39 is 10.0 Å². The molecule has 1 fully saturated rings. The van der Waals surface area contributed by atoms with E-state index in [0.717, 1.165) is 18.4 Å². The van der Waals surface area contributed by atoms with E-state index in [0.29, 0.717) is 6.54 Å². The number of rotatable bonds is 4. The molecule has 14 heavy (non-hydrogen) atoms. The second-order valence-electron chi connectivity index (χ2n) is 3.47. The van der Waals surface area contributed by atoms with Crippen LogP contribution in [0.4, 0.5) is 0 Å². The Morgan fingerprint density at radius 3 is 2.57 bits per heavy atom. The summed E-state index contributed by atoms with van der Waals surface area (Å²) in [6.07, 6.45) is 1.61. The number of sulfonamides is 1. The predicted octanol–water partition coefficient (Wildman–Crippen LogP) is 1.07.